The summed E-state index contributed by atoms with van der Waals surface area (Å²) in [7, 11) is -2.10. The zero-order chi connectivity index (χ0) is 51.8. The third kappa shape index (κ3) is 12.0. The highest BCUT2D eigenvalue weighted by Gasteiger charge is 2.35. The minimum atomic E-state index is -4.49. The van der Waals surface area contributed by atoms with Crippen molar-refractivity contribution >= 4 is 37.9 Å². The van der Waals surface area contributed by atoms with Crippen LogP contribution in [0.1, 0.15) is 135 Å². The molecule has 0 saturated carbocycles. The van der Waals surface area contributed by atoms with Gasteiger partial charge in [0.1, 0.15) is 44.9 Å². The quantitative estimate of drug-likeness (QED) is 0.106. The van der Waals surface area contributed by atoms with E-state index in [1.807, 2.05) is 52.0 Å². The molecule has 7 aromatic rings. The summed E-state index contributed by atoms with van der Waals surface area (Å²) in [5.74, 6) is -0.224. The van der Waals surface area contributed by atoms with Crippen LogP contribution in [0.5, 0.6) is 11.5 Å². The molecule has 2 heterocycles. The number of hydrogen-bond donors (Lipinski definition) is 2. The number of hydrogen-bond acceptors (Lipinski definition) is 10. The highest BCUT2D eigenvalue weighted by atomic mass is 32.2. The third-order valence-electron chi connectivity index (χ3n) is 12.4. The van der Waals surface area contributed by atoms with Crippen LogP contribution < -0.4 is 0 Å². The average Bonchev–Trinajstić information content (AvgIpc) is 3.91. The summed E-state index contributed by atoms with van der Waals surface area (Å²) in [6.07, 6.45) is -1.63. The normalized spacial score (nSPS) is 12.8. The number of aryl methyl sites for hydroxylation is 1. The highest BCUT2D eigenvalue weighted by molar-refractivity contribution is 7.91. The number of carbonyl (C=O) groups is 1. The number of rotatable bonds is 13. The van der Waals surface area contributed by atoms with E-state index in [0.717, 1.165) is 52.0 Å². The molecule has 0 fully saturated rings. The van der Waals surface area contributed by atoms with Gasteiger partial charge in [0.05, 0.1) is 23.3 Å². The fourth-order valence-electron chi connectivity index (χ4n) is 8.82. The number of halogens is 3. The zero-order valence-corrected chi connectivity index (χ0v) is 43.0. The molecule has 70 heavy (non-hydrogen) atoms. The highest BCUT2D eigenvalue weighted by Crippen LogP contribution is 2.45. The molecule has 0 aliphatic heterocycles. The molecule has 0 radical (unpaired) electrons. The molecule has 7 rings (SSSR count). The van der Waals surface area contributed by atoms with Crippen LogP contribution in [0.15, 0.2) is 95.9 Å². The number of aromatic nitrogens is 6. The molecule has 2 N–H and O–H groups in total. The fraction of sp³-hybridized carbons (Fsp3) is 0.426. The minimum Gasteiger partial charge on any atom is -0.505 e. The van der Waals surface area contributed by atoms with Gasteiger partial charge in [-0.3, -0.25) is 4.79 Å². The lowest BCUT2D eigenvalue weighted by Gasteiger charge is -2.35. The molecule has 0 aliphatic carbocycles. The van der Waals surface area contributed by atoms with Crippen LogP contribution in [0.2, 0.25) is 0 Å². The summed E-state index contributed by atoms with van der Waals surface area (Å²) in [4.78, 5) is 14.3. The first-order chi connectivity index (χ1) is 32.4. The molecule has 12 nitrogen and oxygen atoms in total. The maximum Gasteiger partial charge on any atom is 0.416 e. The zero-order valence-electron chi connectivity index (χ0n) is 42.2. The lowest BCUT2D eigenvalue weighted by atomic mass is 9.70. The number of unbranched alkanes of at least 4 members (excludes halogenated alkanes) is 1. The molecule has 0 amide bonds. The number of carbonyl (C=O) groups excluding carboxylic acids is 1. The smallest absolute Gasteiger partial charge is 0.416 e. The van der Waals surface area contributed by atoms with Gasteiger partial charge in [-0.25, -0.2) is 8.42 Å². The number of phenolic OH excluding ortho intramolecular Hbond substituents is 2. The van der Waals surface area contributed by atoms with Gasteiger partial charge >= 0.3 is 12.1 Å². The van der Waals surface area contributed by atoms with Crippen LogP contribution in [-0.2, 0) is 48.2 Å². The van der Waals surface area contributed by atoms with Gasteiger partial charge < -0.3 is 14.9 Å². The Morgan fingerprint density at radius 2 is 1.21 bits per heavy atom. The van der Waals surface area contributed by atoms with Gasteiger partial charge in [0.15, 0.2) is 9.84 Å². The van der Waals surface area contributed by atoms with Gasteiger partial charge in [-0.2, -0.15) is 13.2 Å². The number of alkyl halides is 3. The molecule has 0 aliphatic rings. The second kappa shape index (κ2) is 19.8. The van der Waals surface area contributed by atoms with Gasteiger partial charge in [0.2, 0.25) is 0 Å². The molecule has 2 aromatic heterocycles. The molecule has 0 bridgehead atoms. The maximum atomic E-state index is 13.0. The van der Waals surface area contributed by atoms with Crippen LogP contribution in [0.25, 0.3) is 33.4 Å². The van der Waals surface area contributed by atoms with E-state index in [-0.39, 0.29) is 62.1 Å². The summed E-state index contributed by atoms with van der Waals surface area (Å²) >= 11 is 0. The van der Waals surface area contributed by atoms with Gasteiger partial charge in [-0.05, 0) is 101 Å². The van der Waals surface area contributed by atoms with E-state index < -0.39 is 32.4 Å². The predicted octanol–water partition coefficient (Wildman–Crippen LogP) is 12.3. The van der Waals surface area contributed by atoms with Crippen molar-refractivity contribution in [2.24, 2.45) is 5.41 Å². The number of benzene rings is 5. The fourth-order valence-corrected chi connectivity index (χ4v) is 10.3. The lowest BCUT2D eigenvalue weighted by molar-refractivity contribution is -0.140. The summed E-state index contributed by atoms with van der Waals surface area (Å²) in [5.41, 5.74) is 4.51. The largest absolute Gasteiger partial charge is 0.505 e. The first kappa shape index (κ1) is 53.1. The topological polar surface area (TPSA) is 162 Å². The lowest BCUT2D eigenvalue weighted by Crippen LogP contribution is -2.27. The maximum absolute atomic E-state index is 13.0. The van der Waals surface area contributed by atoms with E-state index >= 15 is 0 Å². The third-order valence-corrected chi connectivity index (χ3v) is 14.2. The van der Waals surface area contributed by atoms with E-state index in [1.165, 1.54) is 18.0 Å². The monoisotopic (exact) mass is 982 g/mol. The van der Waals surface area contributed by atoms with Crippen LogP contribution >= 0.6 is 0 Å². The van der Waals surface area contributed by atoms with Crippen molar-refractivity contribution < 1.29 is 41.3 Å². The Kier molecular flexibility index (Phi) is 15.0. The van der Waals surface area contributed by atoms with E-state index in [2.05, 4.69) is 91.8 Å². The van der Waals surface area contributed by atoms with E-state index in [0.29, 0.717) is 35.1 Å². The number of esters is 1. The van der Waals surface area contributed by atoms with E-state index in [1.54, 1.807) is 30.3 Å². The standard InChI is InChI=1S/C33H43N3O3S.C21H22F3N3O3/c1-9-10-18-40(38,39)25-16-17-27-28(21-25)35-36(34-27)29-20-24(32(5,6)22-31(2,3)4)19-26(30(29)37)33(7,8)23-14-12-11-13-15-23;1-20(2,3)14-9-12(5-8-18(28)30-4)10-17(19(14)29)27-25-15-7-6-13(21(22,23)24)11-16(15)26-27/h11-17,19-21,37H,9-10,18,22H2,1-8H3;6-7,9-11,29H,5,8H2,1-4H3. The predicted molar refractivity (Wildman–Crippen MR) is 268 cm³/mol. The van der Waals surface area contributed by atoms with Crippen molar-refractivity contribution in [1.29, 1.82) is 0 Å². The Balaban J connectivity index is 0.000000239. The van der Waals surface area contributed by atoms with Crippen LogP contribution in [0, 0.1) is 5.41 Å². The number of methoxy groups -OCH3 is 1. The Hall–Kier alpha value is -6.29. The van der Waals surface area contributed by atoms with Crippen molar-refractivity contribution in [2.45, 2.75) is 136 Å². The van der Waals surface area contributed by atoms with Crippen LogP contribution in [0.4, 0.5) is 13.2 Å². The molecule has 5 aromatic carbocycles. The number of ether oxygens (including phenoxy) is 1. The molecule has 0 atom stereocenters. The Labute approximate surface area is 408 Å². The van der Waals surface area contributed by atoms with E-state index in [4.69, 9.17) is 0 Å². The Bertz CT molecular complexity index is 3130. The summed E-state index contributed by atoms with van der Waals surface area (Å²) in [6, 6.07) is 25.7. The van der Waals surface area contributed by atoms with Crippen molar-refractivity contribution in [3.05, 3.63) is 124 Å². The SMILES string of the molecule is CCCCS(=O)(=O)c1ccc2nn(-c3cc(C(C)(C)CC(C)(C)C)cc(C(C)(C)c4ccccc4)c3O)nc2c1.COC(=O)CCc1cc(-n2nc3ccc(C(F)(F)F)cc3n2)c(O)c(C(C)(C)C)c1. The van der Waals surface area contributed by atoms with Crippen molar-refractivity contribution in [3.8, 4) is 22.9 Å². The molecular weight excluding hydrogens is 918 g/mol. The van der Waals surface area contributed by atoms with Crippen molar-refractivity contribution in [2.75, 3.05) is 12.9 Å². The summed E-state index contributed by atoms with van der Waals surface area (Å²) in [5, 5.41) is 40.4. The minimum absolute atomic E-state index is 0.0569. The number of nitrogens with zero attached hydrogens (tertiary/aromatic N) is 6. The second-order valence-electron chi connectivity index (χ2n) is 21.3. The Morgan fingerprint density at radius 1 is 0.657 bits per heavy atom. The van der Waals surface area contributed by atoms with Crippen LogP contribution in [-0.4, -0.2) is 67.5 Å². The van der Waals surface area contributed by atoms with Gasteiger partial charge in [0.25, 0.3) is 0 Å². The Morgan fingerprint density at radius 3 is 1.77 bits per heavy atom. The van der Waals surface area contributed by atoms with Gasteiger partial charge in [-0.1, -0.05) is 125 Å². The second-order valence-corrected chi connectivity index (χ2v) is 23.5. The van der Waals surface area contributed by atoms with Gasteiger partial charge in [-0.15, -0.1) is 30.0 Å². The molecule has 374 valence electrons. The molecular formula is C54H65F3N6O6S. The summed E-state index contributed by atoms with van der Waals surface area (Å²) < 4.78 is 69.3. The van der Waals surface area contributed by atoms with Gasteiger partial charge in [0, 0.05) is 23.0 Å². The molecule has 0 unspecified atom stereocenters. The first-order valence-corrected chi connectivity index (χ1v) is 25.0. The first-order valence-electron chi connectivity index (χ1n) is 23.4. The molecule has 0 spiro atoms. The molecule has 16 heteroatoms. The van der Waals surface area contributed by atoms with E-state index in [9.17, 15) is 36.6 Å². The van der Waals surface area contributed by atoms with Crippen molar-refractivity contribution in [3.63, 3.8) is 0 Å². The number of phenols is 2. The average molecular weight is 983 g/mol. The number of fused-ring (bicyclic) bond motifs is 2. The molecule has 0 saturated heterocycles. The van der Waals surface area contributed by atoms with Crippen molar-refractivity contribution in [1.82, 2.24) is 30.0 Å². The van der Waals surface area contributed by atoms with Crippen LogP contribution in [0.3, 0.4) is 0 Å². The summed E-state index contributed by atoms with van der Waals surface area (Å²) in [6.45, 7) is 23.1. The number of aromatic hydroxyl groups is 2. The number of sulfone groups is 1.